The molecule has 1 aliphatic heterocycles. The van der Waals surface area contributed by atoms with Gasteiger partial charge >= 0.3 is 6.18 Å². The van der Waals surface area contributed by atoms with E-state index in [4.69, 9.17) is 0 Å². The Labute approximate surface area is 138 Å². The highest BCUT2D eigenvalue weighted by Gasteiger charge is 2.31. The fourth-order valence-corrected chi connectivity index (χ4v) is 2.86. The Morgan fingerprint density at radius 1 is 1.21 bits per heavy atom. The Morgan fingerprint density at radius 2 is 2.08 bits per heavy atom. The second kappa shape index (κ2) is 7.17. The second-order valence-electron chi connectivity index (χ2n) is 5.93. The minimum absolute atomic E-state index is 0.281. The molecule has 1 saturated heterocycles. The van der Waals surface area contributed by atoms with E-state index in [2.05, 4.69) is 15.3 Å². The van der Waals surface area contributed by atoms with Crippen molar-refractivity contribution in [3.05, 3.63) is 54.0 Å². The SMILES string of the molecule is FC(F)(F)c1ccc(N2CCC[C@H](NCc3cccnc3)C2)nc1. The van der Waals surface area contributed by atoms with Gasteiger partial charge in [0.2, 0.25) is 0 Å². The molecule has 0 radical (unpaired) electrons. The van der Waals surface area contributed by atoms with Gasteiger partial charge in [0.1, 0.15) is 5.82 Å². The number of hydrogen-bond donors (Lipinski definition) is 1. The average molecular weight is 336 g/mol. The van der Waals surface area contributed by atoms with Gasteiger partial charge in [0.15, 0.2) is 0 Å². The highest BCUT2D eigenvalue weighted by atomic mass is 19.4. The Morgan fingerprint density at radius 3 is 2.75 bits per heavy atom. The van der Waals surface area contributed by atoms with E-state index >= 15 is 0 Å². The lowest BCUT2D eigenvalue weighted by Gasteiger charge is -2.34. The van der Waals surface area contributed by atoms with Gasteiger partial charge in [-0.1, -0.05) is 6.07 Å². The normalized spacial score (nSPS) is 18.6. The van der Waals surface area contributed by atoms with Crippen molar-refractivity contribution in [2.24, 2.45) is 0 Å². The molecular formula is C17H19F3N4. The quantitative estimate of drug-likeness (QED) is 0.930. The number of nitrogens with zero attached hydrogens (tertiary/aromatic N) is 3. The third-order valence-corrected chi connectivity index (χ3v) is 4.14. The lowest BCUT2D eigenvalue weighted by molar-refractivity contribution is -0.137. The third kappa shape index (κ3) is 4.23. The van der Waals surface area contributed by atoms with Crippen molar-refractivity contribution in [1.29, 1.82) is 0 Å². The summed E-state index contributed by atoms with van der Waals surface area (Å²) >= 11 is 0. The molecule has 1 atom stereocenters. The first kappa shape index (κ1) is 16.7. The van der Waals surface area contributed by atoms with Crippen molar-refractivity contribution in [2.45, 2.75) is 31.6 Å². The molecule has 0 aliphatic carbocycles. The number of hydrogen-bond acceptors (Lipinski definition) is 4. The van der Waals surface area contributed by atoms with Crippen molar-refractivity contribution in [1.82, 2.24) is 15.3 Å². The molecule has 0 saturated carbocycles. The Hall–Kier alpha value is -2.15. The Balaban J connectivity index is 1.59. The molecule has 2 aromatic rings. The van der Waals surface area contributed by atoms with E-state index in [1.54, 1.807) is 6.20 Å². The molecule has 0 unspecified atom stereocenters. The van der Waals surface area contributed by atoms with Crippen LogP contribution in [0.3, 0.4) is 0 Å². The maximum Gasteiger partial charge on any atom is 0.417 e. The standard InChI is InChI=1S/C17H19F3N4/c18-17(19,20)14-5-6-16(23-11-14)24-8-2-4-15(12-24)22-10-13-3-1-7-21-9-13/h1,3,5-7,9,11,15,22H,2,4,8,10,12H2/t15-/m0/s1. The third-order valence-electron chi connectivity index (χ3n) is 4.14. The van der Waals surface area contributed by atoms with Gasteiger partial charge in [-0.2, -0.15) is 13.2 Å². The van der Waals surface area contributed by atoms with E-state index in [9.17, 15) is 13.2 Å². The fraction of sp³-hybridized carbons (Fsp3) is 0.412. The molecule has 7 heteroatoms. The van der Waals surface area contributed by atoms with Gasteiger partial charge in [0.25, 0.3) is 0 Å². The van der Waals surface area contributed by atoms with E-state index in [-0.39, 0.29) is 6.04 Å². The van der Waals surface area contributed by atoms with Crippen LogP contribution in [0.4, 0.5) is 19.0 Å². The Kier molecular flexibility index (Phi) is 4.99. The topological polar surface area (TPSA) is 41.0 Å². The monoisotopic (exact) mass is 336 g/mol. The summed E-state index contributed by atoms with van der Waals surface area (Å²) in [6.07, 6.45) is 2.14. The van der Waals surface area contributed by atoms with Crippen molar-refractivity contribution in [2.75, 3.05) is 18.0 Å². The molecule has 0 aromatic carbocycles. The summed E-state index contributed by atoms with van der Waals surface area (Å²) in [5.74, 6) is 0.593. The van der Waals surface area contributed by atoms with E-state index in [0.717, 1.165) is 50.3 Å². The molecule has 24 heavy (non-hydrogen) atoms. The number of nitrogens with one attached hydrogen (secondary N) is 1. The number of aromatic nitrogens is 2. The minimum atomic E-state index is -4.35. The number of rotatable bonds is 4. The summed E-state index contributed by atoms with van der Waals surface area (Å²) in [5, 5.41) is 3.48. The average Bonchev–Trinajstić information content (AvgIpc) is 2.60. The van der Waals surface area contributed by atoms with Crippen LogP contribution in [0.15, 0.2) is 42.9 Å². The van der Waals surface area contributed by atoms with Gasteiger partial charge in [-0.3, -0.25) is 4.98 Å². The Bertz CT molecular complexity index is 643. The molecule has 3 heterocycles. The molecule has 2 aromatic heterocycles. The fourth-order valence-electron chi connectivity index (χ4n) is 2.86. The van der Waals surface area contributed by atoms with Gasteiger partial charge in [0.05, 0.1) is 5.56 Å². The summed E-state index contributed by atoms with van der Waals surface area (Å²) in [4.78, 5) is 10.1. The van der Waals surface area contributed by atoms with Crippen LogP contribution in [0.2, 0.25) is 0 Å². The van der Waals surface area contributed by atoms with Crippen LogP contribution in [0.25, 0.3) is 0 Å². The molecule has 1 N–H and O–H groups in total. The van der Waals surface area contributed by atoms with Crippen LogP contribution < -0.4 is 10.2 Å². The van der Waals surface area contributed by atoms with Crippen molar-refractivity contribution in [3.63, 3.8) is 0 Å². The van der Waals surface area contributed by atoms with E-state index in [1.807, 2.05) is 23.2 Å². The first-order valence-electron chi connectivity index (χ1n) is 7.93. The van der Waals surface area contributed by atoms with Gasteiger partial charge in [-0.05, 0) is 36.6 Å². The zero-order chi connectivity index (χ0) is 17.0. The largest absolute Gasteiger partial charge is 0.417 e. The number of halogens is 3. The van der Waals surface area contributed by atoms with Gasteiger partial charge in [-0.25, -0.2) is 4.98 Å². The van der Waals surface area contributed by atoms with Gasteiger partial charge < -0.3 is 10.2 Å². The molecule has 0 amide bonds. The first-order chi connectivity index (χ1) is 11.5. The van der Waals surface area contributed by atoms with Crippen LogP contribution in [0.1, 0.15) is 24.0 Å². The highest BCUT2D eigenvalue weighted by Crippen LogP contribution is 2.29. The van der Waals surface area contributed by atoms with Crippen LogP contribution in [0, 0.1) is 0 Å². The molecule has 4 nitrogen and oxygen atoms in total. The molecule has 1 aliphatic rings. The zero-order valence-electron chi connectivity index (χ0n) is 13.1. The summed E-state index contributed by atoms with van der Waals surface area (Å²) < 4.78 is 37.9. The van der Waals surface area contributed by atoms with Crippen molar-refractivity contribution >= 4 is 5.82 Å². The first-order valence-corrected chi connectivity index (χ1v) is 7.93. The van der Waals surface area contributed by atoms with Gasteiger partial charge in [-0.15, -0.1) is 0 Å². The molecule has 0 spiro atoms. The lowest BCUT2D eigenvalue weighted by Crippen LogP contribution is -2.45. The predicted octanol–water partition coefficient (Wildman–Crippen LogP) is 3.25. The van der Waals surface area contributed by atoms with E-state index in [0.29, 0.717) is 5.82 Å². The summed E-state index contributed by atoms with van der Waals surface area (Å²) in [5.41, 5.74) is 0.400. The lowest BCUT2D eigenvalue weighted by atomic mass is 10.1. The maximum absolute atomic E-state index is 12.6. The molecule has 1 fully saturated rings. The van der Waals surface area contributed by atoms with Crippen LogP contribution >= 0.6 is 0 Å². The van der Waals surface area contributed by atoms with Crippen molar-refractivity contribution in [3.8, 4) is 0 Å². The summed E-state index contributed by atoms with van der Waals surface area (Å²) in [6, 6.07) is 6.73. The smallest absolute Gasteiger partial charge is 0.355 e. The van der Waals surface area contributed by atoms with Crippen molar-refractivity contribution < 1.29 is 13.2 Å². The second-order valence-corrected chi connectivity index (χ2v) is 5.93. The molecule has 3 rings (SSSR count). The molecular weight excluding hydrogens is 317 g/mol. The summed E-state index contributed by atoms with van der Waals surface area (Å²) in [6.45, 7) is 2.27. The number of alkyl halides is 3. The number of piperidine rings is 1. The minimum Gasteiger partial charge on any atom is -0.355 e. The molecule has 0 bridgehead atoms. The predicted molar refractivity (Wildman–Crippen MR) is 85.6 cm³/mol. The van der Waals surface area contributed by atoms with Crippen LogP contribution in [-0.4, -0.2) is 29.1 Å². The van der Waals surface area contributed by atoms with Gasteiger partial charge in [0, 0.05) is 44.3 Å². The zero-order valence-corrected chi connectivity index (χ0v) is 13.1. The summed E-state index contributed by atoms with van der Waals surface area (Å²) in [7, 11) is 0. The number of pyridine rings is 2. The van der Waals surface area contributed by atoms with Crippen LogP contribution in [-0.2, 0) is 12.7 Å². The number of anilines is 1. The van der Waals surface area contributed by atoms with Crippen LogP contribution in [0.5, 0.6) is 0 Å². The highest BCUT2D eigenvalue weighted by molar-refractivity contribution is 5.40. The van der Waals surface area contributed by atoms with E-state index < -0.39 is 11.7 Å². The maximum atomic E-state index is 12.6. The van der Waals surface area contributed by atoms with E-state index in [1.165, 1.54) is 6.07 Å². The molecule has 128 valence electrons.